The molecule has 0 aliphatic carbocycles. The number of nitrogens with one attached hydrogen (secondary N) is 1. The van der Waals surface area contributed by atoms with Gasteiger partial charge in [0.15, 0.2) is 6.61 Å². The van der Waals surface area contributed by atoms with Gasteiger partial charge in [-0.1, -0.05) is 0 Å². The van der Waals surface area contributed by atoms with E-state index in [9.17, 15) is 14.4 Å². The maximum absolute atomic E-state index is 12.0. The smallest absolute Gasteiger partial charge is 0.409 e. The lowest BCUT2D eigenvalue weighted by Crippen LogP contribution is -2.47. The number of hydrogen-bond donors (Lipinski definition) is 1. The normalized spacial score (nSPS) is 14.4. The number of carbonyl (C=O) groups excluding carboxylic acids is 3. The summed E-state index contributed by atoms with van der Waals surface area (Å²) in [7, 11) is 1.66. The van der Waals surface area contributed by atoms with Gasteiger partial charge >= 0.3 is 12.1 Å². The summed E-state index contributed by atoms with van der Waals surface area (Å²) in [6.45, 7) is 2.73. The topological polar surface area (TPSA) is 114 Å². The first-order valence-electron chi connectivity index (χ1n) is 8.84. The highest BCUT2D eigenvalue weighted by Gasteiger charge is 2.24. The Labute approximate surface area is 157 Å². The van der Waals surface area contributed by atoms with Crippen LogP contribution < -0.4 is 10.2 Å². The number of anilines is 1. The fraction of sp³-hybridized carbons (Fsp3) is 0.588. The van der Waals surface area contributed by atoms with Crippen molar-refractivity contribution in [2.75, 3.05) is 44.8 Å². The van der Waals surface area contributed by atoms with Gasteiger partial charge in [-0.2, -0.15) is 0 Å². The van der Waals surface area contributed by atoms with Gasteiger partial charge in [0, 0.05) is 38.6 Å². The zero-order chi connectivity index (χ0) is 19.6. The van der Waals surface area contributed by atoms with Gasteiger partial charge in [-0.25, -0.2) is 14.8 Å². The molecule has 1 aliphatic heterocycles. The highest BCUT2D eigenvalue weighted by atomic mass is 16.6. The van der Waals surface area contributed by atoms with Gasteiger partial charge in [0.25, 0.3) is 5.91 Å². The molecule has 0 spiro atoms. The van der Waals surface area contributed by atoms with Crippen molar-refractivity contribution in [2.24, 2.45) is 0 Å². The lowest BCUT2D eigenvalue weighted by Gasteiger charge is -2.31. The largest absolute Gasteiger partial charge is 0.454 e. The van der Waals surface area contributed by atoms with E-state index in [1.807, 2.05) is 0 Å². The zero-order valence-corrected chi connectivity index (χ0v) is 15.6. The molecule has 0 unspecified atom stereocenters. The summed E-state index contributed by atoms with van der Waals surface area (Å²) in [6, 6.07) is 1.62. The van der Waals surface area contributed by atoms with Crippen LogP contribution in [0.4, 0.5) is 10.7 Å². The number of nitrogens with zero attached hydrogens (tertiary/aromatic N) is 4. The number of hydrogen-bond acceptors (Lipinski definition) is 8. The van der Waals surface area contributed by atoms with E-state index < -0.39 is 5.97 Å². The molecule has 27 heavy (non-hydrogen) atoms. The number of esters is 1. The first kappa shape index (κ1) is 20.4. The van der Waals surface area contributed by atoms with Crippen molar-refractivity contribution in [1.29, 1.82) is 0 Å². The third-order valence-electron chi connectivity index (χ3n) is 4.01. The van der Waals surface area contributed by atoms with Crippen molar-refractivity contribution in [3.63, 3.8) is 0 Å². The molecule has 0 aromatic carbocycles. The molecule has 0 radical (unpaired) electrons. The maximum Gasteiger partial charge on any atom is 0.409 e. The molecule has 2 rings (SSSR count). The summed E-state index contributed by atoms with van der Waals surface area (Å²) < 4.78 is 9.95. The summed E-state index contributed by atoms with van der Waals surface area (Å²) >= 11 is 0. The van der Waals surface area contributed by atoms with Gasteiger partial charge in [0.2, 0.25) is 5.95 Å². The molecule has 1 saturated heterocycles. The Bertz CT molecular complexity index is 634. The Kier molecular flexibility index (Phi) is 7.78. The third kappa shape index (κ3) is 6.72. The predicted molar refractivity (Wildman–Crippen MR) is 96.0 cm³/mol. The number of carbonyl (C=O) groups is 3. The van der Waals surface area contributed by atoms with E-state index in [-0.39, 0.29) is 31.2 Å². The van der Waals surface area contributed by atoms with Crippen LogP contribution in [0.2, 0.25) is 0 Å². The van der Waals surface area contributed by atoms with Crippen molar-refractivity contribution in [2.45, 2.75) is 25.8 Å². The molecule has 1 aliphatic rings. The van der Waals surface area contributed by atoms with Crippen LogP contribution in [0, 0.1) is 0 Å². The van der Waals surface area contributed by atoms with Crippen LogP contribution in [0.1, 0.15) is 19.8 Å². The molecule has 10 heteroatoms. The van der Waals surface area contributed by atoms with Gasteiger partial charge in [-0.3, -0.25) is 9.59 Å². The Balaban J connectivity index is 1.65. The van der Waals surface area contributed by atoms with E-state index >= 15 is 0 Å². The molecule has 148 valence electrons. The molecule has 2 heterocycles. The van der Waals surface area contributed by atoms with Crippen LogP contribution in [0.15, 0.2) is 18.5 Å². The first-order chi connectivity index (χ1) is 13.0. The van der Waals surface area contributed by atoms with Crippen LogP contribution >= 0.6 is 0 Å². The molecule has 0 bridgehead atoms. The third-order valence-corrected chi connectivity index (χ3v) is 4.01. The lowest BCUT2D eigenvalue weighted by atomic mass is 10.1. The van der Waals surface area contributed by atoms with Crippen molar-refractivity contribution >= 4 is 23.9 Å². The molecular weight excluding hydrogens is 354 g/mol. The minimum atomic E-state index is -0.544. The second-order valence-corrected chi connectivity index (χ2v) is 6.09. The predicted octanol–water partition coefficient (Wildman–Crippen LogP) is 0.193. The minimum Gasteiger partial charge on any atom is -0.454 e. The Morgan fingerprint density at radius 2 is 1.89 bits per heavy atom. The molecular formula is C17H25N5O5. The monoisotopic (exact) mass is 379 g/mol. The van der Waals surface area contributed by atoms with E-state index in [1.54, 1.807) is 37.3 Å². The van der Waals surface area contributed by atoms with Crippen LogP contribution in [-0.2, 0) is 19.1 Å². The van der Waals surface area contributed by atoms with Crippen molar-refractivity contribution < 1.29 is 23.9 Å². The highest BCUT2D eigenvalue weighted by molar-refractivity contribution is 5.82. The number of rotatable bonds is 7. The SMILES string of the molecule is CCOC(=O)N1CCC(NC(=O)COC(=O)CN(C)c2ncccn2)CC1. The van der Waals surface area contributed by atoms with Gasteiger partial charge < -0.3 is 24.6 Å². The Hall–Kier alpha value is -2.91. The summed E-state index contributed by atoms with van der Waals surface area (Å²) in [5.41, 5.74) is 0. The summed E-state index contributed by atoms with van der Waals surface area (Å²) in [5.74, 6) is -0.513. The second-order valence-electron chi connectivity index (χ2n) is 6.09. The van der Waals surface area contributed by atoms with Crippen LogP contribution in [0.5, 0.6) is 0 Å². The van der Waals surface area contributed by atoms with Crippen molar-refractivity contribution in [1.82, 2.24) is 20.2 Å². The van der Waals surface area contributed by atoms with Gasteiger partial charge in [0.1, 0.15) is 6.54 Å². The Morgan fingerprint density at radius 3 is 2.52 bits per heavy atom. The summed E-state index contributed by atoms with van der Waals surface area (Å²) in [5, 5.41) is 2.82. The van der Waals surface area contributed by atoms with Gasteiger partial charge in [-0.05, 0) is 25.8 Å². The zero-order valence-electron chi connectivity index (χ0n) is 15.6. The number of ether oxygens (including phenoxy) is 2. The average molecular weight is 379 g/mol. The van der Waals surface area contributed by atoms with Gasteiger partial charge in [-0.15, -0.1) is 0 Å². The summed E-state index contributed by atoms with van der Waals surface area (Å²) in [4.78, 5) is 46.6. The minimum absolute atomic E-state index is 0.0535. The Morgan fingerprint density at radius 1 is 1.22 bits per heavy atom. The van der Waals surface area contributed by atoms with E-state index in [0.29, 0.717) is 38.5 Å². The molecule has 0 saturated carbocycles. The van der Waals surface area contributed by atoms with Crippen LogP contribution in [-0.4, -0.2) is 78.8 Å². The molecule has 0 atom stereocenters. The fourth-order valence-corrected chi connectivity index (χ4v) is 2.63. The van der Waals surface area contributed by atoms with Crippen molar-refractivity contribution in [3.05, 3.63) is 18.5 Å². The molecule has 1 N–H and O–H groups in total. The number of amides is 2. The molecule has 1 aromatic rings. The van der Waals surface area contributed by atoms with Gasteiger partial charge in [0.05, 0.1) is 6.61 Å². The molecule has 1 aromatic heterocycles. The lowest BCUT2D eigenvalue weighted by molar-refractivity contribution is -0.147. The molecule has 2 amide bonds. The van der Waals surface area contributed by atoms with Crippen LogP contribution in [0.25, 0.3) is 0 Å². The second kappa shape index (κ2) is 10.3. The van der Waals surface area contributed by atoms with E-state index in [1.165, 1.54) is 4.90 Å². The number of aromatic nitrogens is 2. The van der Waals surface area contributed by atoms with Crippen molar-refractivity contribution in [3.8, 4) is 0 Å². The standard InChI is InChI=1S/C17H25N5O5/c1-3-26-17(25)22-9-5-13(6-10-22)20-14(23)12-27-15(24)11-21(2)16-18-7-4-8-19-16/h4,7-8,13H,3,5-6,9-12H2,1-2H3,(H,20,23). The maximum atomic E-state index is 12.0. The number of likely N-dealkylation sites (tertiary alicyclic amines) is 1. The average Bonchev–Trinajstić information content (AvgIpc) is 2.68. The molecule has 1 fully saturated rings. The highest BCUT2D eigenvalue weighted by Crippen LogP contribution is 2.11. The first-order valence-corrected chi connectivity index (χ1v) is 8.84. The quantitative estimate of drug-likeness (QED) is 0.668. The van der Waals surface area contributed by atoms with E-state index in [0.717, 1.165) is 0 Å². The van der Waals surface area contributed by atoms with Crippen LogP contribution in [0.3, 0.4) is 0 Å². The van der Waals surface area contributed by atoms with E-state index in [4.69, 9.17) is 9.47 Å². The number of likely N-dealkylation sites (N-methyl/N-ethyl adjacent to an activating group) is 1. The fourth-order valence-electron chi connectivity index (χ4n) is 2.63. The summed E-state index contributed by atoms with van der Waals surface area (Å²) in [6.07, 6.45) is 4.08. The van der Waals surface area contributed by atoms with E-state index in [2.05, 4.69) is 15.3 Å². The number of piperidine rings is 1. The molecule has 10 nitrogen and oxygen atoms in total.